The van der Waals surface area contributed by atoms with E-state index in [0.29, 0.717) is 6.54 Å². The minimum Gasteiger partial charge on any atom is -0.493 e. The zero-order chi connectivity index (χ0) is 15.6. The van der Waals surface area contributed by atoms with E-state index in [-0.39, 0.29) is 11.8 Å². The van der Waals surface area contributed by atoms with E-state index in [1.54, 1.807) is 0 Å². The lowest BCUT2D eigenvalue weighted by molar-refractivity contribution is -0.125. The Labute approximate surface area is 137 Å². The molecule has 23 heavy (non-hydrogen) atoms. The predicted octanol–water partition coefficient (Wildman–Crippen LogP) is 2.80. The summed E-state index contributed by atoms with van der Waals surface area (Å²) in [6.07, 6.45) is 8.55. The van der Waals surface area contributed by atoms with Gasteiger partial charge in [-0.3, -0.25) is 4.79 Å². The molecule has 1 saturated carbocycles. The lowest BCUT2D eigenvalue weighted by Gasteiger charge is -2.21. The summed E-state index contributed by atoms with van der Waals surface area (Å²) in [6, 6.07) is 2.15. The third-order valence-corrected chi connectivity index (χ3v) is 5.41. The van der Waals surface area contributed by atoms with Crippen LogP contribution in [0, 0.1) is 5.92 Å². The third kappa shape index (κ3) is 2.91. The standard InChI is InChI=1S/C19H25NO3/c21-19(13-4-2-1-3-5-13)20-9-6-16-15-8-11-22-17(15)12-14-7-10-23-18(14)16/h12-13H,1-11H2,(H,20,21). The molecule has 1 aliphatic carbocycles. The molecule has 0 aromatic heterocycles. The highest BCUT2D eigenvalue weighted by Gasteiger charge is 2.26. The van der Waals surface area contributed by atoms with Crippen molar-refractivity contribution in [3.63, 3.8) is 0 Å². The summed E-state index contributed by atoms with van der Waals surface area (Å²) < 4.78 is 11.6. The Morgan fingerprint density at radius 1 is 1.13 bits per heavy atom. The van der Waals surface area contributed by atoms with Gasteiger partial charge < -0.3 is 14.8 Å². The van der Waals surface area contributed by atoms with Crippen LogP contribution in [0.5, 0.6) is 11.5 Å². The first kappa shape index (κ1) is 14.9. The number of fused-ring (bicyclic) bond motifs is 2. The van der Waals surface area contributed by atoms with Crippen LogP contribution in [0.2, 0.25) is 0 Å². The van der Waals surface area contributed by atoms with Gasteiger partial charge in [0.1, 0.15) is 11.5 Å². The number of carbonyl (C=O) groups excluding carboxylic acids is 1. The maximum Gasteiger partial charge on any atom is 0.223 e. The Morgan fingerprint density at radius 3 is 2.83 bits per heavy atom. The molecule has 2 heterocycles. The highest BCUT2D eigenvalue weighted by molar-refractivity contribution is 5.78. The van der Waals surface area contributed by atoms with E-state index in [1.165, 1.54) is 36.0 Å². The molecule has 1 fully saturated rings. The molecule has 4 heteroatoms. The first-order chi connectivity index (χ1) is 11.3. The van der Waals surface area contributed by atoms with Gasteiger partial charge in [0.25, 0.3) is 0 Å². The van der Waals surface area contributed by atoms with Crippen LogP contribution < -0.4 is 14.8 Å². The number of ether oxygens (including phenoxy) is 2. The summed E-state index contributed by atoms with van der Waals surface area (Å²) in [6.45, 7) is 2.22. The van der Waals surface area contributed by atoms with Crippen LogP contribution in [-0.4, -0.2) is 25.7 Å². The number of hydrogen-bond donors (Lipinski definition) is 1. The smallest absolute Gasteiger partial charge is 0.223 e. The van der Waals surface area contributed by atoms with Crippen molar-refractivity contribution in [2.75, 3.05) is 19.8 Å². The Balaban J connectivity index is 1.42. The molecule has 4 rings (SSSR count). The second kappa shape index (κ2) is 6.42. The zero-order valence-electron chi connectivity index (χ0n) is 13.7. The number of benzene rings is 1. The summed E-state index contributed by atoms with van der Waals surface area (Å²) in [5.41, 5.74) is 3.81. The first-order valence-corrected chi connectivity index (χ1v) is 9.04. The molecule has 0 bridgehead atoms. The number of amides is 1. The molecular formula is C19H25NO3. The molecule has 0 unspecified atom stereocenters. The van der Waals surface area contributed by atoms with Crippen molar-refractivity contribution in [1.29, 1.82) is 0 Å². The molecule has 0 spiro atoms. The van der Waals surface area contributed by atoms with Gasteiger partial charge in [-0.25, -0.2) is 0 Å². The molecule has 2 aliphatic heterocycles. The van der Waals surface area contributed by atoms with E-state index in [1.807, 2.05) is 0 Å². The van der Waals surface area contributed by atoms with Crippen molar-refractivity contribution >= 4 is 5.91 Å². The monoisotopic (exact) mass is 315 g/mol. The lowest BCUT2D eigenvalue weighted by atomic mass is 9.88. The van der Waals surface area contributed by atoms with Gasteiger partial charge in [0.15, 0.2) is 0 Å². The summed E-state index contributed by atoms with van der Waals surface area (Å²) in [5.74, 6) is 2.56. The second-order valence-electron chi connectivity index (χ2n) is 6.89. The summed E-state index contributed by atoms with van der Waals surface area (Å²) in [7, 11) is 0. The van der Waals surface area contributed by atoms with Crippen LogP contribution in [-0.2, 0) is 24.1 Å². The fourth-order valence-corrected chi connectivity index (χ4v) is 4.17. The summed E-state index contributed by atoms with van der Waals surface area (Å²) >= 11 is 0. The maximum atomic E-state index is 12.3. The molecule has 4 nitrogen and oxygen atoms in total. The number of carbonyl (C=O) groups is 1. The lowest BCUT2D eigenvalue weighted by Crippen LogP contribution is -2.33. The largest absolute Gasteiger partial charge is 0.493 e. The van der Waals surface area contributed by atoms with E-state index in [0.717, 1.165) is 56.8 Å². The zero-order valence-corrected chi connectivity index (χ0v) is 13.7. The fourth-order valence-electron chi connectivity index (χ4n) is 4.17. The molecule has 124 valence electrons. The number of rotatable bonds is 4. The minimum absolute atomic E-state index is 0.232. The van der Waals surface area contributed by atoms with Gasteiger partial charge >= 0.3 is 0 Å². The Bertz CT molecular complexity index is 573. The van der Waals surface area contributed by atoms with Gasteiger partial charge in [-0.15, -0.1) is 0 Å². The van der Waals surface area contributed by atoms with Crippen molar-refractivity contribution in [2.24, 2.45) is 5.92 Å². The molecular weight excluding hydrogens is 290 g/mol. The minimum atomic E-state index is 0.232. The summed E-state index contributed by atoms with van der Waals surface area (Å²) in [4.78, 5) is 12.3. The van der Waals surface area contributed by atoms with Crippen LogP contribution in [0.3, 0.4) is 0 Å². The Hall–Kier alpha value is -1.71. The van der Waals surface area contributed by atoms with Crippen molar-refractivity contribution in [1.82, 2.24) is 5.32 Å². The Morgan fingerprint density at radius 2 is 1.96 bits per heavy atom. The van der Waals surface area contributed by atoms with E-state index in [2.05, 4.69) is 11.4 Å². The number of hydrogen-bond acceptors (Lipinski definition) is 3. The molecule has 0 saturated heterocycles. The van der Waals surface area contributed by atoms with Crippen molar-refractivity contribution in [3.05, 3.63) is 22.8 Å². The SMILES string of the molecule is O=C(NCCc1c2c(cc3c1OCC3)OCC2)C1CCCCC1. The van der Waals surface area contributed by atoms with Gasteiger partial charge in [-0.2, -0.15) is 0 Å². The van der Waals surface area contributed by atoms with Crippen LogP contribution in [0.1, 0.15) is 48.8 Å². The van der Waals surface area contributed by atoms with Crippen LogP contribution >= 0.6 is 0 Å². The highest BCUT2D eigenvalue weighted by atomic mass is 16.5. The van der Waals surface area contributed by atoms with Gasteiger partial charge in [-0.05, 0) is 25.3 Å². The van der Waals surface area contributed by atoms with Crippen LogP contribution in [0.4, 0.5) is 0 Å². The molecule has 1 aromatic carbocycles. The average molecular weight is 315 g/mol. The van der Waals surface area contributed by atoms with Crippen molar-refractivity contribution in [3.8, 4) is 11.5 Å². The van der Waals surface area contributed by atoms with E-state index < -0.39 is 0 Å². The van der Waals surface area contributed by atoms with E-state index in [4.69, 9.17) is 9.47 Å². The second-order valence-corrected chi connectivity index (χ2v) is 6.89. The van der Waals surface area contributed by atoms with Gasteiger partial charge in [0.05, 0.1) is 13.2 Å². The van der Waals surface area contributed by atoms with Crippen molar-refractivity contribution < 1.29 is 14.3 Å². The molecule has 1 amide bonds. The molecule has 1 aromatic rings. The topological polar surface area (TPSA) is 47.6 Å². The first-order valence-electron chi connectivity index (χ1n) is 9.04. The highest BCUT2D eigenvalue weighted by Crippen LogP contribution is 2.40. The molecule has 3 aliphatic rings. The molecule has 1 N–H and O–H groups in total. The van der Waals surface area contributed by atoms with Gasteiger partial charge in [-0.1, -0.05) is 19.3 Å². The molecule has 0 atom stereocenters. The fraction of sp³-hybridized carbons (Fsp3) is 0.632. The average Bonchev–Trinajstić information content (AvgIpc) is 3.23. The quantitative estimate of drug-likeness (QED) is 0.929. The normalized spacial score (nSPS) is 19.7. The maximum absolute atomic E-state index is 12.3. The van der Waals surface area contributed by atoms with E-state index in [9.17, 15) is 4.79 Å². The predicted molar refractivity (Wildman–Crippen MR) is 88.1 cm³/mol. The molecule has 0 radical (unpaired) electrons. The third-order valence-electron chi connectivity index (χ3n) is 5.41. The van der Waals surface area contributed by atoms with E-state index >= 15 is 0 Å². The number of nitrogens with one attached hydrogen (secondary N) is 1. The Kier molecular flexibility index (Phi) is 4.15. The van der Waals surface area contributed by atoms with Crippen LogP contribution in [0.25, 0.3) is 0 Å². The van der Waals surface area contributed by atoms with Crippen LogP contribution in [0.15, 0.2) is 6.07 Å². The van der Waals surface area contributed by atoms with Gasteiger partial charge in [0, 0.05) is 42.0 Å². The summed E-state index contributed by atoms with van der Waals surface area (Å²) in [5, 5.41) is 3.15. The van der Waals surface area contributed by atoms with Gasteiger partial charge in [0.2, 0.25) is 5.91 Å². The van der Waals surface area contributed by atoms with Crippen molar-refractivity contribution in [2.45, 2.75) is 51.4 Å².